The first kappa shape index (κ1) is 13.0. The number of benzene rings is 1. The minimum Gasteiger partial charge on any atom is -0.421 e. The minimum absolute atomic E-state index is 0.662. The number of rotatable bonds is 6. The highest BCUT2D eigenvalue weighted by Gasteiger charge is 2.19. The van der Waals surface area contributed by atoms with Gasteiger partial charge in [0.25, 0.3) is 0 Å². The van der Waals surface area contributed by atoms with E-state index >= 15 is 0 Å². The minimum atomic E-state index is 0.662. The summed E-state index contributed by atoms with van der Waals surface area (Å²) in [5.74, 6) is 1.41. The molecule has 0 unspecified atom stereocenters. The fourth-order valence-corrected chi connectivity index (χ4v) is 3.01. The fourth-order valence-electron chi connectivity index (χ4n) is 3.01. The molecule has 1 fully saturated rings. The van der Waals surface area contributed by atoms with E-state index in [0.29, 0.717) is 5.89 Å². The van der Waals surface area contributed by atoms with Gasteiger partial charge in [0.15, 0.2) is 0 Å². The largest absolute Gasteiger partial charge is 0.421 e. The van der Waals surface area contributed by atoms with Crippen LogP contribution in [0.2, 0.25) is 0 Å². The summed E-state index contributed by atoms with van der Waals surface area (Å²) in [6.07, 6.45) is 8.24. The summed E-state index contributed by atoms with van der Waals surface area (Å²) in [6, 6.07) is 7.31. The molecule has 0 radical (unpaired) electrons. The van der Waals surface area contributed by atoms with Gasteiger partial charge in [-0.3, -0.25) is 0 Å². The Bertz CT molecular complexity index is 631. The van der Waals surface area contributed by atoms with Crippen molar-refractivity contribution in [1.82, 2.24) is 15.5 Å². The van der Waals surface area contributed by atoms with Crippen LogP contribution >= 0.6 is 0 Å². The summed E-state index contributed by atoms with van der Waals surface area (Å²) in [4.78, 5) is 0. The van der Waals surface area contributed by atoms with E-state index in [1.165, 1.54) is 43.2 Å². The number of fused-ring (bicyclic) bond motifs is 1. The zero-order valence-corrected chi connectivity index (χ0v) is 12.3. The third kappa shape index (κ3) is 3.00. The van der Waals surface area contributed by atoms with Crippen LogP contribution in [-0.4, -0.2) is 22.8 Å². The molecule has 21 heavy (non-hydrogen) atoms. The van der Waals surface area contributed by atoms with E-state index < -0.39 is 0 Å². The van der Waals surface area contributed by atoms with Crippen LogP contribution < -0.4 is 5.32 Å². The lowest BCUT2D eigenvalue weighted by Crippen LogP contribution is -2.17. The second kappa shape index (κ2) is 5.60. The molecule has 2 aromatic rings. The zero-order valence-electron chi connectivity index (χ0n) is 12.3. The molecule has 2 aliphatic carbocycles. The third-order valence-electron chi connectivity index (χ3n) is 4.39. The molecule has 0 saturated heterocycles. The highest BCUT2D eigenvalue weighted by Crippen LogP contribution is 2.27. The lowest BCUT2D eigenvalue weighted by molar-refractivity contribution is 0.491. The number of nitrogens with zero attached hydrogens (tertiary/aromatic N) is 2. The normalized spacial score (nSPS) is 17.1. The number of aromatic nitrogens is 2. The Morgan fingerprint density at radius 3 is 2.95 bits per heavy atom. The van der Waals surface area contributed by atoms with E-state index in [9.17, 15) is 0 Å². The van der Waals surface area contributed by atoms with Crippen molar-refractivity contribution in [3.8, 4) is 11.5 Å². The van der Waals surface area contributed by atoms with Gasteiger partial charge in [-0.15, -0.1) is 10.2 Å². The van der Waals surface area contributed by atoms with Gasteiger partial charge < -0.3 is 9.73 Å². The second-order valence-electron chi connectivity index (χ2n) is 6.17. The van der Waals surface area contributed by atoms with Crippen molar-refractivity contribution in [2.45, 2.75) is 51.0 Å². The zero-order chi connectivity index (χ0) is 14.1. The van der Waals surface area contributed by atoms with E-state index in [0.717, 1.165) is 36.9 Å². The standard InChI is InChI=1S/C17H21N3O/c1-3-12-6-7-14(11-13(12)4-1)17-20-19-16(21-17)5-2-10-18-15-8-9-15/h6-7,11,15,18H,1-5,8-10H2. The Morgan fingerprint density at radius 2 is 2.05 bits per heavy atom. The Balaban J connectivity index is 1.39. The molecule has 2 aliphatic rings. The van der Waals surface area contributed by atoms with Gasteiger partial charge in [-0.05, 0) is 68.3 Å². The highest BCUT2D eigenvalue weighted by atomic mass is 16.4. The Morgan fingerprint density at radius 1 is 1.14 bits per heavy atom. The van der Waals surface area contributed by atoms with Crippen LogP contribution in [0.1, 0.15) is 42.7 Å². The first-order chi connectivity index (χ1) is 10.4. The van der Waals surface area contributed by atoms with Gasteiger partial charge in [-0.1, -0.05) is 6.07 Å². The lowest BCUT2D eigenvalue weighted by atomic mass is 10.1. The van der Waals surface area contributed by atoms with Gasteiger partial charge in [0, 0.05) is 18.0 Å². The van der Waals surface area contributed by atoms with Crippen molar-refractivity contribution < 1.29 is 4.42 Å². The molecule has 0 aliphatic heterocycles. The molecule has 1 N–H and O–H groups in total. The van der Waals surface area contributed by atoms with Crippen molar-refractivity contribution in [2.24, 2.45) is 0 Å². The van der Waals surface area contributed by atoms with Gasteiger partial charge in [-0.2, -0.15) is 0 Å². The molecule has 0 atom stereocenters. The van der Waals surface area contributed by atoms with E-state index in [2.05, 4.69) is 33.7 Å². The van der Waals surface area contributed by atoms with Crippen molar-refractivity contribution >= 4 is 0 Å². The van der Waals surface area contributed by atoms with Gasteiger partial charge in [0.2, 0.25) is 11.8 Å². The maximum atomic E-state index is 5.80. The van der Waals surface area contributed by atoms with Crippen LogP contribution in [0.3, 0.4) is 0 Å². The van der Waals surface area contributed by atoms with Crippen LogP contribution in [-0.2, 0) is 19.3 Å². The van der Waals surface area contributed by atoms with E-state index in [-0.39, 0.29) is 0 Å². The summed E-state index contributed by atoms with van der Waals surface area (Å²) in [5.41, 5.74) is 3.98. The SMILES string of the molecule is c1cc2c(cc1-c1nnc(CCCNC3CC3)o1)CCC2. The molecule has 0 amide bonds. The molecule has 0 bridgehead atoms. The van der Waals surface area contributed by atoms with Gasteiger partial charge in [-0.25, -0.2) is 0 Å². The van der Waals surface area contributed by atoms with Crippen molar-refractivity contribution in [1.29, 1.82) is 0 Å². The van der Waals surface area contributed by atoms with Crippen molar-refractivity contribution in [3.63, 3.8) is 0 Å². The van der Waals surface area contributed by atoms with E-state index in [1.54, 1.807) is 0 Å². The Kier molecular flexibility index (Phi) is 3.47. The molecule has 4 nitrogen and oxygen atoms in total. The molecule has 1 saturated carbocycles. The Labute approximate surface area is 125 Å². The number of hydrogen-bond donors (Lipinski definition) is 1. The van der Waals surface area contributed by atoms with Crippen LogP contribution in [0.4, 0.5) is 0 Å². The lowest BCUT2D eigenvalue weighted by Gasteiger charge is -2.01. The molecule has 110 valence electrons. The maximum Gasteiger partial charge on any atom is 0.247 e. The molecular formula is C17H21N3O. The molecule has 1 aromatic carbocycles. The van der Waals surface area contributed by atoms with Gasteiger partial charge in [0.1, 0.15) is 0 Å². The van der Waals surface area contributed by atoms with Gasteiger partial charge in [0.05, 0.1) is 0 Å². The maximum absolute atomic E-state index is 5.80. The average Bonchev–Trinajstić information content (AvgIpc) is 3.02. The average molecular weight is 283 g/mol. The summed E-state index contributed by atoms with van der Waals surface area (Å²) in [7, 11) is 0. The molecule has 1 heterocycles. The van der Waals surface area contributed by atoms with E-state index in [1.807, 2.05) is 0 Å². The topological polar surface area (TPSA) is 51.0 Å². The fraction of sp³-hybridized carbons (Fsp3) is 0.529. The predicted octanol–water partition coefficient (Wildman–Crippen LogP) is 2.91. The van der Waals surface area contributed by atoms with Crippen molar-refractivity contribution in [3.05, 3.63) is 35.2 Å². The van der Waals surface area contributed by atoms with Crippen LogP contribution in [0.25, 0.3) is 11.5 Å². The van der Waals surface area contributed by atoms with E-state index in [4.69, 9.17) is 4.42 Å². The quantitative estimate of drug-likeness (QED) is 0.828. The molecule has 4 rings (SSSR count). The Hall–Kier alpha value is -1.68. The molecule has 0 spiro atoms. The summed E-state index contributed by atoms with van der Waals surface area (Å²) >= 11 is 0. The predicted molar refractivity (Wildman–Crippen MR) is 81.1 cm³/mol. The number of hydrogen-bond acceptors (Lipinski definition) is 4. The monoisotopic (exact) mass is 283 g/mol. The molecular weight excluding hydrogens is 262 g/mol. The molecule has 4 heteroatoms. The summed E-state index contributed by atoms with van der Waals surface area (Å²) in [5, 5.41) is 11.9. The summed E-state index contributed by atoms with van der Waals surface area (Å²) in [6.45, 7) is 1.04. The second-order valence-corrected chi connectivity index (χ2v) is 6.17. The van der Waals surface area contributed by atoms with Crippen LogP contribution in [0, 0.1) is 0 Å². The number of nitrogens with one attached hydrogen (secondary N) is 1. The van der Waals surface area contributed by atoms with Gasteiger partial charge >= 0.3 is 0 Å². The number of aryl methyl sites for hydroxylation is 3. The third-order valence-corrected chi connectivity index (χ3v) is 4.39. The highest BCUT2D eigenvalue weighted by molar-refractivity contribution is 5.56. The smallest absolute Gasteiger partial charge is 0.247 e. The first-order valence-corrected chi connectivity index (χ1v) is 8.06. The van der Waals surface area contributed by atoms with Crippen molar-refractivity contribution in [2.75, 3.05) is 6.54 Å². The first-order valence-electron chi connectivity index (χ1n) is 8.06. The summed E-state index contributed by atoms with van der Waals surface area (Å²) < 4.78 is 5.80. The van der Waals surface area contributed by atoms with Crippen LogP contribution in [0.15, 0.2) is 22.6 Å². The molecule has 1 aromatic heterocycles. The van der Waals surface area contributed by atoms with Crippen LogP contribution in [0.5, 0.6) is 0 Å².